The number of nitrogens with zero attached hydrogens (tertiary/aromatic N) is 2. The van der Waals surface area contributed by atoms with Gasteiger partial charge in [0.25, 0.3) is 0 Å². The van der Waals surface area contributed by atoms with Crippen LogP contribution in [-0.4, -0.2) is 41.3 Å². The first kappa shape index (κ1) is 24.4. The van der Waals surface area contributed by atoms with Gasteiger partial charge >= 0.3 is 0 Å². The number of benzene rings is 2. The van der Waals surface area contributed by atoms with E-state index in [-0.39, 0.29) is 5.54 Å². The second-order valence-electron chi connectivity index (χ2n) is 11.2. The van der Waals surface area contributed by atoms with Crippen molar-refractivity contribution < 1.29 is 4.79 Å². The molecule has 1 spiro atoms. The lowest BCUT2D eigenvalue weighted by atomic mass is 9.68. The number of H-pyrrole nitrogens is 1. The van der Waals surface area contributed by atoms with E-state index < -0.39 is 0 Å². The zero-order valence-electron chi connectivity index (χ0n) is 21.5. The van der Waals surface area contributed by atoms with Gasteiger partial charge in [0, 0.05) is 40.6 Å². The Kier molecular flexibility index (Phi) is 6.71. The Bertz CT molecular complexity index is 1190. The Morgan fingerprint density at radius 1 is 1.11 bits per heavy atom. The van der Waals surface area contributed by atoms with Crippen LogP contribution in [0, 0.1) is 11.8 Å². The standard InChI is InChI=1S/C30H38ClN3O/c1-20(2)19-27(35)34-18-15-25-24-7-5-6-8-26(24)32-29(25)30(34)16-13-22(14-17-30)28(33(3)4)21-9-11-23(31)12-10-21/h5-12,20,22,28,32H,13-19H2,1-4H3. The van der Waals surface area contributed by atoms with E-state index in [1.54, 1.807) is 0 Å². The molecule has 2 heterocycles. The van der Waals surface area contributed by atoms with Gasteiger partial charge in [-0.05, 0) is 87.4 Å². The Labute approximate surface area is 214 Å². The van der Waals surface area contributed by atoms with Gasteiger partial charge in [0.1, 0.15) is 0 Å². The van der Waals surface area contributed by atoms with Crippen LogP contribution >= 0.6 is 11.6 Å². The number of halogens is 1. The normalized spacial score (nSPS) is 23.3. The van der Waals surface area contributed by atoms with Crippen molar-refractivity contribution >= 4 is 28.4 Å². The highest BCUT2D eigenvalue weighted by molar-refractivity contribution is 6.30. The van der Waals surface area contributed by atoms with E-state index in [0.29, 0.717) is 30.2 Å². The Hall–Kier alpha value is -2.30. The number of rotatable bonds is 5. The van der Waals surface area contributed by atoms with Crippen LogP contribution in [-0.2, 0) is 16.8 Å². The van der Waals surface area contributed by atoms with Crippen LogP contribution in [0.2, 0.25) is 5.02 Å². The summed E-state index contributed by atoms with van der Waals surface area (Å²) in [6.45, 7) is 5.11. The van der Waals surface area contributed by atoms with Crippen LogP contribution in [0.25, 0.3) is 10.9 Å². The molecule has 35 heavy (non-hydrogen) atoms. The molecule has 1 aromatic heterocycles. The van der Waals surface area contributed by atoms with Gasteiger partial charge in [-0.3, -0.25) is 4.79 Å². The number of aromatic nitrogens is 1. The van der Waals surface area contributed by atoms with Crippen molar-refractivity contribution in [2.45, 2.75) is 64.0 Å². The second kappa shape index (κ2) is 9.63. The molecule has 1 fully saturated rings. The van der Waals surface area contributed by atoms with Gasteiger partial charge in [0.15, 0.2) is 0 Å². The van der Waals surface area contributed by atoms with E-state index in [1.165, 1.54) is 27.7 Å². The van der Waals surface area contributed by atoms with Gasteiger partial charge in [-0.2, -0.15) is 0 Å². The number of carbonyl (C=O) groups is 1. The molecule has 3 aromatic rings. The molecule has 4 nitrogen and oxygen atoms in total. The lowest BCUT2D eigenvalue weighted by Crippen LogP contribution is -2.55. The average Bonchev–Trinajstić information content (AvgIpc) is 3.21. The zero-order chi connectivity index (χ0) is 24.7. The molecule has 1 aliphatic carbocycles. The number of hydrogen-bond acceptors (Lipinski definition) is 2. The molecule has 0 bridgehead atoms. The summed E-state index contributed by atoms with van der Waals surface area (Å²) in [5, 5.41) is 2.11. The minimum atomic E-state index is -0.230. The number of amides is 1. The fourth-order valence-electron chi connectivity index (χ4n) is 6.86. The van der Waals surface area contributed by atoms with Crippen LogP contribution in [0.4, 0.5) is 0 Å². The number of para-hydroxylation sites is 1. The Morgan fingerprint density at radius 3 is 2.46 bits per heavy atom. The molecule has 1 unspecified atom stereocenters. The molecule has 5 heteroatoms. The van der Waals surface area contributed by atoms with Crippen molar-refractivity contribution in [3.8, 4) is 0 Å². The second-order valence-corrected chi connectivity index (χ2v) is 11.7. The number of aromatic amines is 1. The third kappa shape index (κ3) is 4.40. The fraction of sp³-hybridized carbons (Fsp3) is 0.500. The van der Waals surface area contributed by atoms with Crippen molar-refractivity contribution in [1.29, 1.82) is 0 Å². The van der Waals surface area contributed by atoms with Crippen molar-refractivity contribution in [1.82, 2.24) is 14.8 Å². The average molecular weight is 492 g/mol. The van der Waals surface area contributed by atoms with Gasteiger partial charge in [0.05, 0.1) is 5.54 Å². The summed E-state index contributed by atoms with van der Waals surface area (Å²) in [7, 11) is 4.36. The zero-order valence-corrected chi connectivity index (χ0v) is 22.2. The van der Waals surface area contributed by atoms with E-state index in [4.69, 9.17) is 11.6 Å². The highest BCUT2D eigenvalue weighted by atomic mass is 35.5. The SMILES string of the molecule is CC(C)CC(=O)N1CCc2c([nH]c3ccccc23)C12CCC(C(c1ccc(Cl)cc1)N(C)C)CC2. The highest BCUT2D eigenvalue weighted by Crippen LogP contribution is 2.51. The molecule has 1 N–H and O–H groups in total. The summed E-state index contributed by atoms with van der Waals surface area (Å²) < 4.78 is 0. The summed E-state index contributed by atoms with van der Waals surface area (Å²) in [6.07, 6.45) is 5.72. The highest BCUT2D eigenvalue weighted by Gasteiger charge is 2.49. The first-order chi connectivity index (χ1) is 16.8. The predicted molar refractivity (Wildman–Crippen MR) is 145 cm³/mol. The predicted octanol–water partition coefficient (Wildman–Crippen LogP) is 6.94. The topological polar surface area (TPSA) is 39.3 Å². The molecule has 0 radical (unpaired) electrons. The van der Waals surface area contributed by atoms with Crippen LogP contribution in [0.1, 0.15) is 68.8 Å². The van der Waals surface area contributed by atoms with Crippen molar-refractivity contribution in [2.24, 2.45) is 11.8 Å². The van der Waals surface area contributed by atoms with Crippen LogP contribution < -0.4 is 0 Å². The summed E-state index contributed by atoms with van der Waals surface area (Å²) in [5.41, 5.74) is 5.02. The van der Waals surface area contributed by atoms with Crippen molar-refractivity contribution in [3.05, 3.63) is 70.4 Å². The van der Waals surface area contributed by atoms with Crippen molar-refractivity contribution in [2.75, 3.05) is 20.6 Å². The quantitative estimate of drug-likeness (QED) is 0.419. The summed E-state index contributed by atoms with van der Waals surface area (Å²) in [6, 6.07) is 17.3. The largest absolute Gasteiger partial charge is 0.356 e. The molecular weight excluding hydrogens is 454 g/mol. The minimum Gasteiger partial charge on any atom is -0.356 e. The maximum absolute atomic E-state index is 13.6. The third-order valence-corrected chi connectivity index (χ3v) is 8.59. The molecule has 186 valence electrons. The summed E-state index contributed by atoms with van der Waals surface area (Å²) in [4.78, 5) is 22.0. The lowest BCUT2D eigenvalue weighted by molar-refractivity contribution is -0.142. The smallest absolute Gasteiger partial charge is 0.223 e. The Balaban J connectivity index is 1.50. The summed E-state index contributed by atoms with van der Waals surface area (Å²) >= 11 is 6.19. The first-order valence-electron chi connectivity index (χ1n) is 13.1. The maximum atomic E-state index is 13.6. The van der Waals surface area contributed by atoms with E-state index in [0.717, 1.165) is 43.7 Å². The minimum absolute atomic E-state index is 0.230. The summed E-state index contributed by atoms with van der Waals surface area (Å²) in [5.74, 6) is 1.21. The molecule has 1 atom stereocenters. The lowest BCUT2D eigenvalue weighted by Gasteiger charge is -2.52. The van der Waals surface area contributed by atoms with E-state index in [1.807, 2.05) is 12.1 Å². The van der Waals surface area contributed by atoms with Gasteiger partial charge in [-0.15, -0.1) is 0 Å². The molecule has 2 aliphatic rings. The van der Waals surface area contributed by atoms with Crippen LogP contribution in [0.5, 0.6) is 0 Å². The monoisotopic (exact) mass is 491 g/mol. The van der Waals surface area contributed by atoms with Crippen LogP contribution in [0.15, 0.2) is 48.5 Å². The number of nitrogens with one attached hydrogen (secondary N) is 1. The van der Waals surface area contributed by atoms with E-state index in [9.17, 15) is 4.79 Å². The molecule has 5 rings (SSSR count). The van der Waals surface area contributed by atoms with Gasteiger partial charge < -0.3 is 14.8 Å². The van der Waals surface area contributed by atoms with E-state index >= 15 is 0 Å². The molecule has 1 aliphatic heterocycles. The molecule has 1 saturated carbocycles. The van der Waals surface area contributed by atoms with Gasteiger partial charge in [-0.25, -0.2) is 0 Å². The van der Waals surface area contributed by atoms with Gasteiger partial charge in [0.2, 0.25) is 5.91 Å². The third-order valence-electron chi connectivity index (χ3n) is 8.34. The molecule has 1 amide bonds. The maximum Gasteiger partial charge on any atom is 0.223 e. The molecular formula is C30H38ClN3O. The number of hydrogen-bond donors (Lipinski definition) is 1. The molecule has 0 saturated heterocycles. The van der Waals surface area contributed by atoms with Crippen molar-refractivity contribution in [3.63, 3.8) is 0 Å². The molecule has 2 aromatic carbocycles. The van der Waals surface area contributed by atoms with Crippen LogP contribution in [0.3, 0.4) is 0 Å². The fourth-order valence-corrected chi connectivity index (χ4v) is 6.98. The van der Waals surface area contributed by atoms with Gasteiger partial charge in [-0.1, -0.05) is 55.8 Å². The number of fused-ring (bicyclic) bond motifs is 4. The Morgan fingerprint density at radius 2 is 1.80 bits per heavy atom. The van der Waals surface area contributed by atoms with E-state index in [2.05, 4.69) is 79.1 Å². The number of carbonyl (C=O) groups excluding carboxylic acids is 1. The first-order valence-corrected chi connectivity index (χ1v) is 13.5.